The zero-order chi connectivity index (χ0) is 34.7. The van der Waals surface area contributed by atoms with Crippen LogP contribution in [0.1, 0.15) is 107 Å². The van der Waals surface area contributed by atoms with Crippen molar-refractivity contribution in [2.75, 3.05) is 13.7 Å². The van der Waals surface area contributed by atoms with Gasteiger partial charge in [0, 0.05) is 49.6 Å². The van der Waals surface area contributed by atoms with Crippen molar-refractivity contribution in [1.82, 2.24) is 0 Å². The summed E-state index contributed by atoms with van der Waals surface area (Å²) < 4.78 is 39.3. The van der Waals surface area contributed by atoms with Gasteiger partial charge in [0.05, 0.1) is 60.5 Å². The molecule has 0 aromatic carbocycles. The molecule has 0 radical (unpaired) electrons. The molecule has 5 aliphatic rings. The van der Waals surface area contributed by atoms with E-state index in [-0.39, 0.29) is 83.6 Å². The van der Waals surface area contributed by atoms with Crippen LogP contribution in [0.4, 0.5) is 0 Å². The number of carbonyl (C=O) groups excluding carboxylic acids is 1. The van der Waals surface area contributed by atoms with Gasteiger partial charge in [-0.3, -0.25) is 0 Å². The minimum Gasteiger partial charge on any atom is -0.550 e. The van der Waals surface area contributed by atoms with Crippen LogP contribution < -0.4 is 34.7 Å². The maximum Gasteiger partial charge on any atom is 1.00 e. The zero-order valence-corrected chi connectivity index (χ0v) is 33.0. The Hall–Kier alpha value is 0.110. The van der Waals surface area contributed by atoms with Crippen LogP contribution in [0.25, 0.3) is 0 Å². The van der Waals surface area contributed by atoms with Gasteiger partial charge in [0.2, 0.25) is 0 Å². The van der Waals surface area contributed by atoms with E-state index in [2.05, 4.69) is 27.7 Å². The molecule has 272 valence electrons. The quantitative estimate of drug-likeness (QED) is 0.264. The van der Waals surface area contributed by atoms with Crippen LogP contribution in [0.15, 0.2) is 0 Å². The van der Waals surface area contributed by atoms with E-state index in [4.69, 9.17) is 28.4 Å². The number of carboxylic acid groups (broad SMARTS) is 1. The summed E-state index contributed by atoms with van der Waals surface area (Å²) in [4.78, 5) is 11.7. The molecule has 3 N–H and O–H groups in total. The first-order valence-electron chi connectivity index (χ1n) is 18.1. The van der Waals surface area contributed by atoms with Crippen LogP contribution in [0.3, 0.4) is 0 Å². The van der Waals surface area contributed by atoms with Crippen LogP contribution in [-0.4, -0.2) is 101 Å². The molecular formula is C36H61NaO11. The topological polar surface area (TPSA) is 156 Å². The number of carboxylic acids is 1. The summed E-state index contributed by atoms with van der Waals surface area (Å²) in [5.41, 5.74) is -1.16. The van der Waals surface area contributed by atoms with E-state index >= 15 is 0 Å². The summed E-state index contributed by atoms with van der Waals surface area (Å²) in [7, 11) is 1.50. The number of rotatable bonds is 10. The minimum absolute atomic E-state index is 0. The molecule has 0 aromatic rings. The molecule has 0 saturated carbocycles. The third kappa shape index (κ3) is 7.33. The number of aliphatic hydroxyl groups is 3. The Balaban J connectivity index is 0.00000520. The second-order valence-corrected chi connectivity index (χ2v) is 16.3. The average molecular weight is 693 g/mol. The van der Waals surface area contributed by atoms with E-state index in [1.54, 1.807) is 6.92 Å². The summed E-state index contributed by atoms with van der Waals surface area (Å²) in [5, 5.41) is 43.9. The number of carbonyl (C=O) groups is 1. The molecule has 5 rings (SSSR count). The molecule has 5 fully saturated rings. The summed E-state index contributed by atoms with van der Waals surface area (Å²) in [6, 6.07) is 0. The maximum absolute atomic E-state index is 11.7. The van der Waals surface area contributed by atoms with E-state index in [1.807, 2.05) is 20.8 Å². The van der Waals surface area contributed by atoms with Crippen LogP contribution in [-0.2, 0) is 33.2 Å². The van der Waals surface area contributed by atoms with Gasteiger partial charge < -0.3 is 53.6 Å². The first kappa shape index (κ1) is 40.9. The molecule has 12 heteroatoms. The maximum atomic E-state index is 11.7. The molecule has 0 amide bonds. The molecule has 5 saturated heterocycles. The van der Waals surface area contributed by atoms with Crippen molar-refractivity contribution in [2.24, 2.45) is 35.5 Å². The molecule has 5 heterocycles. The van der Waals surface area contributed by atoms with Crippen LogP contribution >= 0.6 is 0 Å². The molecule has 0 bridgehead atoms. The van der Waals surface area contributed by atoms with Crippen molar-refractivity contribution in [3.05, 3.63) is 0 Å². The van der Waals surface area contributed by atoms with Gasteiger partial charge >= 0.3 is 29.6 Å². The van der Waals surface area contributed by atoms with Gasteiger partial charge in [-0.1, -0.05) is 48.5 Å². The van der Waals surface area contributed by atoms with Crippen LogP contribution in [0, 0.1) is 35.5 Å². The second-order valence-electron chi connectivity index (χ2n) is 16.3. The van der Waals surface area contributed by atoms with Gasteiger partial charge in [-0.25, -0.2) is 0 Å². The normalized spacial score (nSPS) is 49.8. The van der Waals surface area contributed by atoms with Gasteiger partial charge in [-0.2, -0.15) is 0 Å². The molecule has 11 nitrogen and oxygen atoms in total. The standard InChI is InChI=1S/C36H62O11.Na/c1-10-34(31-20(3)16-26(43-31)28-19(2)15-21(4)36(41,18-37)46-28)12-11-27(44-34)33(8)13-14-35(47-33)17-25(38)22(5)30(45-35)23(6)29(42-9)24(7)32(39)40;/h19-31,37-38,41H,10-18H2,1-9H3,(H,39,40);/q;+1/p-1/t19-,20-,21+,22+,23-,24?,25-,26+,27?,28-,29-,30-,31?,33-,34-,35+,36-;/m0./s1. The van der Waals surface area contributed by atoms with Crippen molar-refractivity contribution in [3.63, 3.8) is 0 Å². The van der Waals surface area contributed by atoms with Crippen molar-refractivity contribution in [1.29, 1.82) is 0 Å². The summed E-state index contributed by atoms with van der Waals surface area (Å²) in [6.45, 7) is 15.4. The first-order valence-corrected chi connectivity index (χ1v) is 18.1. The second kappa shape index (κ2) is 15.2. The first-order chi connectivity index (χ1) is 22.0. The van der Waals surface area contributed by atoms with Crippen molar-refractivity contribution < 1.29 is 83.2 Å². The Morgan fingerprint density at radius 2 is 1.73 bits per heavy atom. The predicted octanol–water partition coefficient (Wildman–Crippen LogP) is -0.0578. The smallest absolute Gasteiger partial charge is 0.550 e. The summed E-state index contributed by atoms with van der Waals surface area (Å²) in [6.07, 6.45) is 2.81. The van der Waals surface area contributed by atoms with Gasteiger partial charge in [0.25, 0.3) is 0 Å². The van der Waals surface area contributed by atoms with E-state index in [0.29, 0.717) is 19.3 Å². The monoisotopic (exact) mass is 692 g/mol. The molecule has 3 unspecified atom stereocenters. The van der Waals surface area contributed by atoms with E-state index < -0.39 is 59.6 Å². The zero-order valence-electron chi connectivity index (χ0n) is 31.0. The van der Waals surface area contributed by atoms with E-state index in [9.17, 15) is 25.2 Å². The van der Waals surface area contributed by atoms with Gasteiger partial charge in [0.1, 0.15) is 0 Å². The van der Waals surface area contributed by atoms with E-state index in [0.717, 1.165) is 32.1 Å². The summed E-state index contributed by atoms with van der Waals surface area (Å²) >= 11 is 0. The number of ether oxygens (including phenoxy) is 6. The van der Waals surface area contributed by atoms with Crippen LogP contribution in [0.5, 0.6) is 0 Å². The fraction of sp³-hybridized carbons (Fsp3) is 0.972. The number of aliphatic hydroxyl groups excluding tert-OH is 2. The Morgan fingerprint density at radius 1 is 1.04 bits per heavy atom. The fourth-order valence-electron chi connectivity index (χ4n) is 9.91. The average Bonchev–Trinajstić information content (AvgIpc) is 3.73. The Bertz CT molecular complexity index is 1110. The van der Waals surface area contributed by atoms with Crippen LogP contribution in [0.2, 0.25) is 0 Å². The third-order valence-electron chi connectivity index (χ3n) is 13.0. The molecule has 1 spiro atoms. The number of hydrogen-bond donors (Lipinski definition) is 3. The Kier molecular flexibility index (Phi) is 13.0. The predicted molar refractivity (Wildman–Crippen MR) is 170 cm³/mol. The van der Waals surface area contributed by atoms with Gasteiger partial charge in [0.15, 0.2) is 11.6 Å². The van der Waals surface area contributed by atoms with Crippen molar-refractivity contribution in [3.8, 4) is 0 Å². The minimum atomic E-state index is -1.57. The summed E-state index contributed by atoms with van der Waals surface area (Å²) in [5.74, 6) is -4.97. The largest absolute Gasteiger partial charge is 1.00 e. The molecule has 0 aliphatic carbocycles. The number of methoxy groups -OCH3 is 1. The number of hydrogen-bond acceptors (Lipinski definition) is 11. The van der Waals surface area contributed by atoms with Gasteiger partial charge in [-0.15, -0.1) is 0 Å². The van der Waals surface area contributed by atoms with E-state index in [1.165, 1.54) is 7.11 Å². The molecule has 5 aliphatic heterocycles. The molecule has 0 aromatic heterocycles. The Labute approximate surface area is 309 Å². The fourth-order valence-corrected chi connectivity index (χ4v) is 9.91. The Morgan fingerprint density at radius 3 is 2.33 bits per heavy atom. The molecule has 48 heavy (non-hydrogen) atoms. The number of aliphatic carboxylic acids is 1. The molecule has 17 atom stereocenters. The SMILES string of the molecule is CC[C@@]1(C2O[C@@H]([C@H]3O[C@@](O)(CO)[C@H](C)C[C@@H]3C)C[C@@H]2C)CCC([C@]2(C)CC[C@]3(C[C@H](O)[C@@H](C)[C@@H]([C@@H](C)[C@H](OC)C(C)C(=O)[O-])O3)O2)O1.[Na+]. The molecular weight excluding hydrogens is 631 g/mol. The van der Waals surface area contributed by atoms with Crippen molar-refractivity contribution in [2.45, 2.75) is 172 Å². The third-order valence-corrected chi connectivity index (χ3v) is 13.0. The van der Waals surface area contributed by atoms with Gasteiger partial charge in [-0.05, 0) is 57.3 Å². The van der Waals surface area contributed by atoms with Crippen molar-refractivity contribution >= 4 is 5.97 Å².